The average molecular weight is 293 g/mol. The van der Waals surface area contributed by atoms with Crippen molar-refractivity contribution in [2.75, 3.05) is 13.7 Å². The summed E-state index contributed by atoms with van der Waals surface area (Å²) in [6.45, 7) is 6.12. The molecule has 0 radical (unpaired) electrons. The molecule has 0 heterocycles. The van der Waals surface area contributed by atoms with E-state index in [4.69, 9.17) is 9.47 Å². The molecule has 5 heteroatoms. The van der Waals surface area contributed by atoms with Crippen LogP contribution in [0.3, 0.4) is 0 Å². The average Bonchev–Trinajstić information content (AvgIpc) is 2.50. The molecular weight excluding hydrogens is 270 g/mol. The van der Waals surface area contributed by atoms with E-state index >= 15 is 0 Å². The zero-order valence-electron chi connectivity index (χ0n) is 13.0. The number of benzene rings is 1. The Morgan fingerprint density at radius 1 is 1.24 bits per heavy atom. The van der Waals surface area contributed by atoms with Gasteiger partial charge in [-0.25, -0.2) is 9.59 Å². The van der Waals surface area contributed by atoms with Crippen LogP contribution in [0.1, 0.15) is 32.8 Å². The molecule has 0 saturated carbocycles. The number of ether oxygens (including phenoxy) is 2. The summed E-state index contributed by atoms with van der Waals surface area (Å²) in [5, 5.41) is 2.60. The van der Waals surface area contributed by atoms with Crippen LogP contribution in [0.5, 0.6) is 0 Å². The minimum absolute atomic E-state index is 0.499. The second-order valence-electron chi connectivity index (χ2n) is 5.32. The van der Waals surface area contributed by atoms with Crippen molar-refractivity contribution in [2.24, 2.45) is 0 Å². The molecule has 0 fully saturated rings. The Balaban J connectivity index is 2.96. The molecule has 0 spiro atoms. The smallest absolute Gasteiger partial charge is 0.408 e. The molecule has 1 aromatic carbocycles. The maximum Gasteiger partial charge on any atom is 0.408 e. The van der Waals surface area contributed by atoms with Gasteiger partial charge < -0.3 is 14.8 Å². The first-order valence-corrected chi connectivity index (χ1v) is 7.01. The van der Waals surface area contributed by atoms with E-state index in [1.807, 2.05) is 51.1 Å². The van der Waals surface area contributed by atoms with Crippen molar-refractivity contribution < 1.29 is 19.1 Å². The monoisotopic (exact) mass is 293 g/mol. The normalized spacial score (nSPS) is 12.4. The van der Waals surface area contributed by atoms with Crippen molar-refractivity contribution >= 4 is 12.1 Å². The van der Waals surface area contributed by atoms with Crippen LogP contribution in [0.15, 0.2) is 30.3 Å². The Morgan fingerprint density at radius 2 is 1.86 bits per heavy atom. The second-order valence-corrected chi connectivity index (χ2v) is 5.32. The maximum atomic E-state index is 12.0. The van der Waals surface area contributed by atoms with E-state index in [-0.39, 0.29) is 0 Å². The predicted octanol–water partition coefficient (Wildman–Crippen LogP) is 2.64. The van der Waals surface area contributed by atoms with E-state index in [2.05, 4.69) is 5.32 Å². The number of nitrogens with one attached hydrogen (secondary N) is 1. The van der Waals surface area contributed by atoms with Crippen LogP contribution in [0.4, 0.5) is 4.79 Å². The lowest BCUT2D eigenvalue weighted by molar-refractivity contribution is -0.154. The Hall–Kier alpha value is -2.04. The number of hydrogen-bond acceptors (Lipinski definition) is 4. The van der Waals surface area contributed by atoms with Crippen molar-refractivity contribution in [1.82, 2.24) is 5.32 Å². The van der Waals surface area contributed by atoms with Gasteiger partial charge in [0.15, 0.2) is 0 Å². The van der Waals surface area contributed by atoms with Gasteiger partial charge in [0.2, 0.25) is 6.10 Å². The molecule has 1 N–H and O–H groups in total. The van der Waals surface area contributed by atoms with Crippen LogP contribution in [-0.4, -0.2) is 31.8 Å². The van der Waals surface area contributed by atoms with Gasteiger partial charge in [-0.2, -0.15) is 0 Å². The Kier molecular flexibility index (Phi) is 6.21. The summed E-state index contributed by atoms with van der Waals surface area (Å²) < 4.78 is 10.1. The largest absolute Gasteiger partial charge is 0.466 e. The molecule has 0 aliphatic heterocycles. The molecular formula is C16H23NO4. The number of carbonyl (C=O) groups is 2. The van der Waals surface area contributed by atoms with Crippen molar-refractivity contribution in [3.63, 3.8) is 0 Å². The highest BCUT2D eigenvalue weighted by atomic mass is 16.6. The van der Waals surface area contributed by atoms with Gasteiger partial charge >= 0.3 is 12.1 Å². The van der Waals surface area contributed by atoms with Gasteiger partial charge in [-0.05, 0) is 12.0 Å². The quantitative estimate of drug-likeness (QED) is 0.819. The third-order valence-electron chi connectivity index (χ3n) is 3.33. The molecule has 0 saturated heterocycles. The molecule has 0 unspecified atom stereocenters. The van der Waals surface area contributed by atoms with Gasteiger partial charge in [-0.3, -0.25) is 0 Å². The van der Waals surface area contributed by atoms with Gasteiger partial charge in [-0.1, -0.05) is 51.1 Å². The van der Waals surface area contributed by atoms with E-state index in [1.165, 1.54) is 7.11 Å². The van der Waals surface area contributed by atoms with E-state index in [0.717, 1.165) is 12.0 Å². The molecule has 21 heavy (non-hydrogen) atoms. The second kappa shape index (κ2) is 7.67. The highest BCUT2D eigenvalue weighted by Crippen LogP contribution is 2.30. The number of hydrogen-bond donors (Lipinski definition) is 1. The van der Waals surface area contributed by atoms with Crippen LogP contribution < -0.4 is 5.32 Å². The van der Waals surface area contributed by atoms with Gasteiger partial charge in [0.05, 0.1) is 7.11 Å². The lowest BCUT2D eigenvalue weighted by Crippen LogP contribution is -2.46. The molecule has 0 aliphatic rings. The molecule has 116 valence electrons. The highest BCUT2D eigenvalue weighted by Gasteiger charge is 2.40. The zero-order chi connectivity index (χ0) is 15.9. The topological polar surface area (TPSA) is 64.6 Å². The van der Waals surface area contributed by atoms with Crippen LogP contribution in [0.25, 0.3) is 0 Å². The molecule has 0 bridgehead atoms. The van der Waals surface area contributed by atoms with Crippen LogP contribution in [-0.2, 0) is 19.7 Å². The Morgan fingerprint density at radius 3 is 2.38 bits per heavy atom. The lowest BCUT2D eigenvalue weighted by Gasteiger charge is -2.32. The van der Waals surface area contributed by atoms with E-state index < -0.39 is 23.6 Å². The summed E-state index contributed by atoms with van der Waals surface area (Å²) in [4.78, 5) is 23.8. The SMILES string of the molecule is CCCNC(=O)O[C@H](C(=O)OC)C(C)(C)c1ccccc1. The number of amides is 1. The third-order valence-corrected chi connectivity index (χ3v) is 3.33. The first kappa shape index (κ1) is 17.0. The molecule has 1 amide bonds. The summed E-state index contributed by atoms with van der Waals surface area (Å²) in [6.07, 6.45) is -0.835. The van der Waals surface area contributed by atoms with Gasteiger partial charge in [0, 0.05) is 12.0 Å². The van der Waals surface area contributed by atoms with Gasteiger partial charge in [0.25, 0.3) is 0 Å². The number of carbonyl (C=O) groups excluding carboxylic acids is 2. The van der Waals surface area contributed by atoms with E-state index in [9.17, 15) is 9.59 Å². The predicted molar refractivity (Wildman–Crippen MR) is 80.0 cm³/mol. The molecule has 0 aromatic heterocycles. The molecule has 5 nitrogen and oxygen atoms in total. The van der Waals surface area contributed by atoms with Crippen molar-refractivity contribution in [3.8, 4) is 0 Å². The lowest BCUT2D eigenvalue weighted by atomic mass is 9.79. The summed E-state index contributed by atoms with van der Waals surface area (Å²) >= 11 is 0. The number of alkyl carbamates (subject to hydrolysis) is 1. The number of rotatable bonds is 6. The zero-order valence-corrected chi connectivity index (χ0v) is 13.0. The van der Waals surface area contributed by atoms with Crippen molar-refractivity contribution in [3.05, 3.63) is 35.9 Å². The summed E-state index contributed by atoms with van der Waals surface area (Å²) in [5.74, 6) is -0.574. The third kappa shape index (κ3) is 4.48. The van der Waals surface area contributed by atoms with E-state index in [0.29, 0.717) is 6.54 Å². The fraction of sp³-hybridized carbons (Fsp3) is 0.500. The highest BCUT2D eigenvalue weighted by molar-refractivity contribution is 5.80. The van der Waals surface area contributed by atoms with Crippen molar-refractivity contribution in [2.45, 2.75) is 38.7 Å². The molecule has 0 aliphatic carbocycles. The van der Waals surface area contributed by atoms with Gasteiger partial charge in [-0.15, -0.1) is 0 Å². The Labute approximate surface area is 125 Å². The van der Waals surface area contributed by atoms with Gasteiger partial charge in [0.1, 0.15) is 0 Å². The first-order chi connectivity index (χ1) is 9.93. The van der Waals surface area contributed by atoms with Crippen LogP contribution in [0.2, 0.25) is 0 Å². The number of methoxy groups -OCH3 is 1. The summed E-state index contributed by atoms with van der Waals surface area (Å²) in [5.41, 5.74) is 0.196. The van der Waals surface area contributed by atoms with Crippen LogP contribution >= 0.6 is 0 Å². The summed E-state index contributed by atoms with van der Waals surface area (Å²) in [6, 6.07) is 9.43. The number of esters is 1. The Bertz CT molecular complexity index is 470. The van der Waals surface area contributed by atoms with Crippen LogP contribution in [0, 0.1) is 0 Å². The van der Waals surface area contributed by atoms with E-state index in [1.54, 1.807) is 0 Å². The summed E-state index contributed by atoms with van der Waals surface area (Å²) in [7, 11) is 1.28. The fourth-order valence-corrected chi connectivity index (χ4v) is 1.99. The molecule has 1 rings (SSSR count). The minimum Gasteiger partial charge on any atom is -0.466 e. The molecule has 1 atom stereocenters. The molecule has 1 aromatic rings. The maximum absolute atomic E-state index is 12.0. The van der Waals surface area contributed by atoms with Crippen molar-refractivity contribution in [1.29, 1.82) is 0 Å². The minimum atomic E-state index is -1.01. The fourth-order valence-electron chi connectivity index (χ4n) is 1.99. The first-order valence-electron chi connectivity index (χ1n) is 7.01. The standard InChI is InChI=1S/C16H23NO4/c1-5-11-17-15(19)21-13(14(18)20-4)16(2,3)12-9-7-6-8-10-12/h6-10,13H,5,11H2,1-4H3,(H,17,19)/t13-/m1/s1.